The Morgan fingerprint density at radius 2 is 0.942 bits per heavy atom. The highest BCUT2D eigenvalue weighted by molar-refractivity contribution is 6.17. The Balaban J connectivity index is 1.17. The van der Waals surface area contributed by atoms with Gasteiger partial charge < -0.3 is 9.47 Å². The quantitative estimate of drug-likeness (QED) is 0.172. The van der Waals surface area contributed by atoms with Gasteiger partial charge in [0.25, 0.3) is 0 Å². The van der Waals surface area contributed by atoms with E-state index >= 15 is 0 Å². The molecular weight excluding hydrogens is 629 g/mol. The number of hydrogen-bond donors (Lipinski definition) is 0. The van der Waals surface area contributed by atoms with Gasteiger partial charge in [-0.3, -0.25) is 0 Å². The third kappa shape index (κ3) is 5.04. The molecule has 2 heteroatoms. The van der Waals surface area contributed by atoms with Gasteiger partial charge in [0.1, 0.15) is 0 Å². The van der Waals surface area contributed by atoms with E-state index in [1.54, 1.807) is 0 Å². The maximum absolute atomic E-state index is 2.42. The first-order valence-corrected chi connectivity index (χ1v) is 17.9. The fourth-order valence-corrected chi connectivity index (χ4v) is 7.94. The molecule has 244 valence electrons. The molecule has 52 heavy (non-hydrogen) atoms. The van der Waals surface area contributed by atoms with Crippen LogP contribution in [0, 0.1) is 0 Å². The van der Waals surface area contributed by atoms with Crippen LogP contribution in [-0.4, -0.2) is 4.57 Å². The van der Waals surface area contributed by atoms with Crippen LogP contribution in [0.1, 0.15) is 0 Å². The third-order valence-electron chi connectivity index (χ3n) is 10.3. The van der Waals surface area contributed by atoms with Gasteiger partial charge in [0.2, 0.25) is 0 Å². The number of rotatable bonds is 6. The second-order valence-electron chi connectivity index (χ2n) is 13.4. The maximum atomic E-state index is 2.42. The lowest BCUT2D eigenvalue weighted by atomic mass is 9.97. The second kappa shape index (κ2) is 12.5. The Morgan fingerprint density at radius 3 is 1.77 bits per heavy atom. The van der Waals surface area contributed by atoms with Crippen molar-refractivity contribution in [2.75, 3.05) is 4.90 Å². The zero-order valence-corrected chi connectivity index (χ0v) is 28.5. The Morgan fingerprint density at radius 1 is 0.327 bits per heavy atom. The van der Waals surface area contributed by atoms with Crippen molar-refractivity contribution < 1.29 is 0 Å². The minimum Gasteiger partial charge on any atom is -0.310 e. The van der Waals surface area contributed by atoms with Crippen LogP contribution in [0.2, 0.25) is 0 Å². The molecular formula is C50H34N2. The van der Waals surface area contributed by atoms with E-state index in [4.69, 9.17) is 0 Å². The van der Waals surface area contributed by atoms with Crippen molar-refractivity contribution in [1.82, 2.24) is 4.57 Å². The molecule has 0 aliphatic carbocycles. The SMILES string of the molecule is c1ccc(N(c2ccc(-c3cccc4ccccc34)cc2)c2ccc3c4c(-c5ccc6ccccc6c5)cccc4n(-c4ccccc4)c3c2)cc1. The third-order valence-corrected chi connectivity index (χ3v) is 10.3. The van der Waals surface area contributed by atoms with Crippen molar-refractivity contribution in [3.05, 3.63) is 206 Å². The number of para-hydroxylation sites is 2. The van der Waals surface area contributed by atoms with E-state index in [1.807, 2.05) is 0 Å². The van der Waals surface area contributed by atoms with Crippen LogP contribution in [0.3, 0.4) is 0 Å². The van der Waals surface area contributed by atoms with Crippen molar-refractivity contribution >= 4 is 60.4 Å². The number of fused-ring (bicyclic) bond motifs is 5. The fourth-order valence-electron chi connectivity index (χ4n) is 7.94. The van der Waals surface area contributed by atoms with Gasteiger partial charge in [-0.2, -0.15) is 0 Å². The Kier molecular flexibility index (Phi) is 7.18. The van der Waals surface area contributed by atoms with Crippen LogP contribution in [-0.2, 0) is 0 Å². The molecule has 0 unspecified atom stereocenters. The lowest BCUT2D eigenvalue weighted by Crippen LogP contribution is -2.10. The first-order chi connectivity index (χ1) is 25.8. The second-order valence-corrected chi connectivity index (χ2v) is 13.4. The lowest BCUT2D eigenvalue weighted by Gasteiger charge is -2.26. The molecule has 1 aromatic heterocycles. The summed E-state index contributed by atoms with van der Waals surface area (Å²) in [4.78, 5) is 2.36. The topological polar surface area (TPSA) is 8.17 Å². The van der Waals surface area contributed by atoms with Gasteiger partial charge in [0.15, 0.2) is 0 Å². The summed E-state index contributed by atoms with van der Waals surface area (Å²) in [5.41, 5.74) is 11.7. The van der Waals surface area contributed by atoms with Crippen LogP contribution in [0.4, 0.5) is 17.1 Å². The van der Waals surface area contributed by atoms with Crippen LogP contribution in [0.5, 0.6) is 0 Å². The van der Waals surface area contributed by atoms with Gasteiger partial charge in [-0.05, 0) is 104 Å². The highest BCUT2D eigenvalue weighted by Crippen LogP contribution is 2.43. The summed E-state index contributed by atoms with van der Waals surface area (Å²) in [6, 6.07) is 74.7. The highest BCUT2D eigenvalue weighted by atomic mass is 15.1. The summed E-state index contributed by atoms with van der Waals surface area (Å²) in [5.74, 6) is 0. The van der Waals surface area contributed by atoms with E-state index in [2.05, 4.69) is 216 Å². The van der Waals surface area contributed by atoms with E-state index in [-0.39, 0.29) is 0 Å². The molecule has 0 aliphatic heterocycles. The summed E-state index contributed by atoms with van der Waals surface area (Å²) in [5, 5.41) is 7.50. The molecule has 10 aromatic rings. The molecule has 0 N–H and O–H groups in total. The van der Waals surface area contributed by atoms with Crippen LogP contribution in [0.15, 0.2) is 206 Å². The Hall–Kier alpha value is -6.90. The first kappa shape index (κ1) is 30.0. The summed E-state index contributed by atoms with van der Waals surface area (Å²) in [6.07, 6.45) is 0. The number of nitrogens with zero attached hydrogens (tertiary/aromatic N) is 2. The molecule has 0 spiro atoms. The standard InChI is InChI=1S/C50H34N2/c1-3-17-40(18-4-1)51(42-29-27-37(28-30-42)45-22-11-16-36-14-9-10-21-44(36)45)43-31-32-47-49(34-43)52(41-19-5-2-6-20-41)48-24-12-23-46(50(47)48)39-26-25-35-13-7-8-15-38(35)33-39/h1-34H. The molecule has 0 saturated carbocycles. The molecule has 2 nitrogen and oxygen atoms in total. The normalized spacial score (nSPS) is 11.5. The lowest BCUT2D eigenvalue weighted by molar-refractivity contribution is 1.18. The molecule has 0 radical (unpaired) electrons. The molecule has 0 bridgehead atoms. The van der Waals surface area contributed by atoms with Crippen molar-refractivity contribution in [2.45, 2.75) is 0 Å². The number of hydrogen-bond acceptors (Lipinski definition) is 1. The molecule has 1 heterocycles. The summed E-state index contributed by atoms with van der Waals surface area (Å²) in [6.45, 7) is 0. The predicted octanol–water partition coefficient (Wildman–Crippen LogP) is 13.9. The van der Waals surface area contributed by atoms with Gasteiger partial charge in [-0.15, -0.1) is 0 Å². The average Bonchev–Trinajstić information content (AvgIpc) is 3.55. The minimum atomic E-state index is 1.10. The minimum absolute atomic E-state index is 1.10. The molecule has 0 aliphatic rings. The van der Waals surface area contributed by atoms with Gasteiger partial charge in [-0.25, -0.2) is 0 Å². The zero-order valence-electron chi connectivity index (χ0n) is 28.5. The molecule has 0 saturated heterocycles. The van der Waals surface area contributed by atoms with Gasteiger partial charge in [0.05, 0.1) is 11.0 Å². The first-order valence-electron chi connectivity index (χ1n) is 17.9. The van der Waals surface area contributed by atoms with Gasteiger partial charge in [0, 0.05) is 33.5 Å². The largest absolute Gasteiger partial charge is 0.310 e. The van der Waals surface area contributed by atoms with Gasteiger partial charge in [-0.1, -0.05) is 146 Å². The fraction of sp³-hybridized carbons (Fsp3) is 0. The van der Waals surface area contributed by atoms with Crippen molar-refractivity contribution in [1.29, 1.82) is 0 Å². The zero-order chi connectivity index (χ0) is 34.4. The molecule has 9 aromatic carbocycles. The monoisotopic (exact) mass is 662 g/mol. The summed E-state index contributed by atoms with van der Waals surface area (Å²) >= 11 is 0. The summed E-state index contributed by atoms with van der Waals surface area (Å²) < 4.78 is 2.42. The van der Waals surface area contributed by atoms with Crippen molar-refractivity contribution in [3.63, 3.8) is 0 Å². The molecule has 0 amide bonds. The molecule has 0 fully saturated rings. The molecule has 10 rings (SSSR count). The van der Waals surface area contributed by atoms with Crippen molar-refractivity contribution in [3.8, 4) is 27.9 Å². The van der Waals surface area contributed by atoms with Crippen LogP contribution < -0.4 is 4.90 Å². The molecule has 0 atom stereocenters. The van der Waals surface area contributed by atoms with E-state index in [0.717, 1.165) is 22.7 Å². The van der Waals surface area contributed by atoms with E-state index in [1.165, 1.54) is 65.6 Å². The summed E-state index contributed by atoms with van der Waals surface area (Å²) in [7, 11) is 0. The smallest absolute Gasteiger partial charge is 0.0562 e. The number of anilines is 3. The Labute approximate surface area is 303 Å². The van der Waals surface area contributed by atoms with Crippen molar-refractivity contribution in [2.24, 2.45) is 0 Å². The van der Waals surface area contributed by atoms with Crippen LogP contribution in [0.25, 0.3) is 71.3 Å². The number of benzene rings is 9. The average molecular weight is 663 g/mol. The Bertz CT molecular complexity index is 2880. The van der Waals surface area contributed by atoms with E-state index in [9.17, 15) is 0 Å². The predicted molar refractivity (Wildman–Crippen MR) is 221 cm³/mol. The van der Waals surface area contributed by atoms with E-state index in [0.29, 0.717) is 0 Å². The highest BCUT2D eigenvalue weighted by Gasteiger charge is 2.20. The maximum Gasteiger partial charge on any atom is 0.0562 e. The van der Waals surface area contributed by atoms with Crippen LogP contribution >= 0.6 is 0 Å². The van der Waals surface area contributed by atoms with E-state index < -0.39 is 0 Å². The van der Waals surface area contributed by atoms with Gasteiger partial charge >= 0.3 is 0 Å². The number of aromatic nitrogens is 1.